The van der Waals surface area contributed by atoms with Gasteiger partial charge in [-0.3, -0.25) is 0 Å². The molecule has 0 aliphatic rings. The summed E-state index contributed by atoms with van der Waals surface area (Å²) in [6.07, 6.45) is 2.10. The fourth-order valence-corrected chi connectivity index (χ4v) is 1.77. The average molecular weight is 196 g/mol. The second-order valence-electron chi connectivity index (χ2n) is 3.09. The Kier molecular flexibility index (Phi) is 3.96. The predicted molar refractivity (Wildman–Crippen MR) is 62.3 cm³/mol. The first-order valence-corrected chi connectivity index (χ1v) is 5.73. The molecule has 2 nitrogen and oxygen atoms in total. The van der Waals surface area contributed by atoms with Crippen LogP contribution in [-0.4, -0.2) is 18.1 Å². The summed E-state index contributed by atoms with van der Waals surface area (Å²) in [4.78, 5) is 0. The third-order valence-electron chi connectivity index (χ3n) is 1.78. The van der Waals surface area contributed by atoms with E-state index in [4.69, 9.17) is 5.73 Å². The van der Waals surface area contributed by atoms with Gasteiger partial charge >= 0.3 is 0 Å². The molecule has 0 fully saturated rings. The van der Waals surface area contributed by atoms with Crippen molar-refractivity contribution in [3.8, 4) is 0 Å². The molecule has 0 amide bonds. The first-order valence-electron chi connectivity index (χ1n) is 4.34. The Morgan fingerprint density at radius 2 is 2.15 bits per heavy atom. The van der Waals surface area contributed by atoms with E-state index in [9.17, 15) is 0 Å². The van der Waals surface area contributed by atoms with Gasteiger partial charge < -0.3 is 11.1 Å². The lowest BCUT2D eigenvalue weighted by Crippen LogP contribution is -2.18. The molecule has 3 heteroatoms. The number of para-hydroxylation sites is 2. The summed E-state index contributed by atoms with van der Waals surface area (Å²) in [5.41, 5.74) is 7.64. The summed E-state index contributed by atoms with van der Waals surface area (Å²) in [5, 5.41) is 3.37. The van der Waals surface area contributed by atoms with Crippen LogP contribution in [0.15, 0.2) is 24.3 Å². The van der Waals surface area contributed by atoms with Crippen molar-refractivity contribution in [3.63, 3.8) is 0 Å². The summed E-state index contributed by atoms with van der Waals surface area (Å²) in [6.45, 7) is 2.16. The summed E-state index contributed by atoms with van der Waals surface area (Å²) in [7, 11) is 0. The van der Waals surface area contributed by atoms with E-state index in [0.29, 0.717) is 6.04 Å². The Labute approximate surface area is 83.9 Å². The molecule has 0 aliphatic carbocycles. The number of hydrogen-bond acceptors (Lipinski definition) is 3. The second kappa shape index (κ2) is 5.02. The number of rotatable bonds is 4. The SMILES string of the molecule is CSCC(C)Nc1ccccc1N. The minimum Gasteiger partial charge on any atom is -0.397 e. The minimum atomic E-state index is 0.458. The third-order valence-corrected chi connectivity index (χ3v) is 2.61. The lowest BCUT2D eigenvalue weighted by atomic mass is 10.2. The quantitative estimate of drug-likeness (QED) is 0.726. The van der Waals surface area contributed by atoms with Crippen LogP contribution in [0, 0.1) is 0 Å². The number of nitrogens with two attached hydrogens (primary N) is 1. The molecule has 0 saturated heterocycles. The van der Waals surface area contributed by atoms with Gasteiger partial charge in [-0.25, -0.2) is 0 Å². The van der Waals surface area contributed by atoms with Gasteiger partial charge in [-0.2, -0.15) is 11.8 Å². The van der Waals surface area contributed by atoms with Crippen molar-refractivity contribution >= 4 is 23.1 Å². The Hall–Kier alpha value is -0.830. The number of benzene rings is 1. The normalized spacial score (nSPS) is 12.5. The van der Waals surface area contributed by atoms with Crippen LogP contribution in [-0.2, 0) is 0 Å². The molecule has 0 spiro atoms. The van der Waals surface area contributed by atoms with E-state index in [2.05, 4.69) is 18.5 Å². The molecule has 0 aromatic heterocycles. The van der Waals surface area contributed by atoms with Gasteiger partial charge in [0.25, 0.3) is 0 Å². The van der Waals surface area contributed by atoms with Crippen molar-refractivity contribution in [2.45, 2.75) is 13.0 Å². The van der Waals surface area contributed by atoms with Gasteiger partial charge in [0.1, 0.15) is 0 Å². The molecule has 0 saturated carbocycles. The number of nitrogens with one attached hydrogen (secondary N) is 1. The first kappa shape index (κ1) is 10.3. The maximum absolute atomic E-state index is 5.80. The molecule has 1 atom stereocenters. The fraction of sp³-hybridized carbons (Fsp3) is 0.400. The molecule has 0 aliphatic heterocycles. The van der Waals surface area contributed by atoms with Crippen LogP contribution in [0.4, 0.5) is 11.4 Å². The highest BCUT2D eigenvalue weighted by molar-refractivity contribution is 7.98. The van der Waals surface area contributed by atoms with Crippen molar-refractivity contribution in [1.29, 1.82) is 0 Å². The summed E-state index contributed by atoms with van der Waals surface area (Å²) < 4.78 is 0. The number of nitrogen functional groups attached to an aromatic ring is 1. The van der Waals surface area contributed by atoms with Crippen molar-refractivity contribution in [2.24, 2.45) is 0 Å². The molecule has 1 aromatic carbocycles. The van der Waals surface area contributed by atoms with E-state index in [1.54, 1.807) is 0 Å². The standard InChI is InChI=1S/C10H16N2S/c1-8(7-13-2)12-10-6-4-3-5-9(10)11/h3-6,8,12H,7,11H2,1-2H3. The van der Waals surface area contributed by atoms with Gasteiger partial charge in [0.2, 0.25) is 0 Å². The zero-order chi connectivity index (χ0) is 9.68. The average Bonchev–Trinajstić information content (AvgIpc) is 2.09. The maximum atomic E-state index is 5.80. The largest absolute Gasteiger partial charge is 0.397 e. The Bertz CT molecular complexity index is 263. The highest BCUT2D eigenvalue weighted by Crippen LogP contribution is 2.18. The Balaban J connectivity index is 2.58. The Morgan fingerprint density at radius 3 is 2.77 bits per heavy atom. The summed E-state index contributed by atoms with van der Waals surface area (Å²) in [6, 6.07) is 8.31. The van der Waals surface area contributed by atoms with Crippen LogP contribution >= 0.6 is 11.8 Å². The van der Waals surface area contributed by atoms with E-state index in [0.717, 1.165) is 17.1 Å². The predicted octanol–water partition coefficient (Wildman–Crippen LogP) is 2.43. The summed E-state index contributed by atoms with van der Waals surface area (Å²) >= 11 is 1.83. The molecular formula is C10H16N2S. The molecule has 0 bridgehead atoms. The first-order chi connectivity index (χ1) is 6.24. The van der Waals surface area contributed by atoms with Crippen molar-refractivity contribution < 1.29 is 0 Å². The zero-order valence-electron chi connectivity index (χ0n) is 8.08. The van der Waals surface area contributed by atoms with Gasteiger partial charge in [0, 0.05) is 11.8 Å². The molecule has 0 heterocycles. The molecule has 1 unspecified atom stereocenters. The van der Waals surface area contributed by atoms with Crippen LogP contribution in [0.1, 0.15) is 6.92 Å². The minimum absolute atomic E-state index is 0.458. The number of hydrogen-bond donors (Lipinski definition) is 2. The molecule has 0 radical (unpaired) electrons. The lowest BCUT2D eigenvalue weighted by Gasteiger charge is -2.15. The highest BCUT2D eigenvalue weighted by Gasteiger charge is 2.02. The van der Waals surface area contributed by atoms with E-state index >= 15 is 0 Å². The van der Waals surface area contributed by atoms with E-state index in [1.165, 1.54) is 0 Å². The molecule has 1 rings (SSSR count). The van der Waals surface area contributed by atoms with Crippen molar-refractivity contribution in [2.75, 3.05) is 23.1 Å². The number of thioether (sulfide) groups is 1. The molecular weight excluding hydrogens is 180 g/mol. The van der Waals surface area contributed by atoms with Gasteiger partial charge in [0.05, 0.1) is 11.4 Å². The van der Waals surface area contributed by atoms with Crippen LogP contribution < -0.4 is 11.1 Å². The molecule has 13 heavy (non-hydrogen) atoms. The smallest absolute Gasteiger partial charge is 0.0576 e. The van der Waals surface area contributed by atoms with Crippen molar-refractivity contribution in [3.05, 3.63) is 24.3 Å². The zero-order valence-corrected chi connectivity index (χ0v) is 8.90. The van der Waals surface area contributed by atoms with Crippen LogP contribution in [0.5, 0.6) is 0 Å². The van der Waals surface area contributed by atoms with E-state index in [-0.39, 0.29) is 0 Å². The third kappa shape index (κ3) is 3.19. The van der Waals surface area contributed by atoms with E-state index in [1.807, 2.05) is 36.0 Å². The maximum Gasteiger partial charge on any atom is 0.0576 e. The Morgan fingerprint density at radius 1 is 1.46 bits per heavy atom. The van der Waals surface area contributed by atoms with Crippen LogP contribution in [0.2, 0.25) is 0 Å². The van der Waals surface area contributed by atoms with Gasteiger partial charge in [0.15, 0.2) is 0 Å². The van der Waals surface area contributed by atoms with Gasteiger partial charge in [-0.05, 0) is 25.3 Å². The highest BCUT2D eigenvalue weighted by atomic mass is 32.2. The van der Waals surface area contributed by atoms with Crippen molar-refractivity contribution in [1.82, 2.24) is 0 Å². The number of anilines is 2. The van der Waals surface area contributed by atoms with Gasteiger partial charge in [-0.15, -0.1) is 0 Å². The van der Waals surface area contributed by atoms with Crippen LogP contribution in [0.3, 0.4) is 0 Å². The second-order valence-corrected chi connectivity index (χ2v) is 4.00. The molecule has 1 aromatic rings. The molecule has 3 N–H and O–H groups in total. The van der Waals surface area contributed by atoms with Crippen LogP contribution in [0.25, 0.3) is 0 Å². The summed E-state index contributed by atoms with van der Waals surface area (Å²) in [5.74, 6) is 1.09. The topological polar surface area (TPSA) is 38.0 Å². The monoisotopic (exact) mass is 196 g/mol. The molecule has 72 valence electrons. The fourth-order valence-electron chi connectivity index (χ4n) is 1.19. The van der Waals surface area contributed by atoms with Gasteiger partial charge in [-0.1, -0.05) is 12.1 Å². The lowest BCUT2D eigenvalue weighted by molar-refractivity contribution is 0.915. The van der Waals surface area contributed by atoms with E-state index < -0.39 is 0 Å².